The number of amides is 1. The molecule has 10 heteroatoms. The third-order valence-corrected chi connectivity index (χ3v) is 3.08. The normalized spacial score (nSPS) is 29.3. The molecule has 0 aromatic rings. The highest BCUT2D eigenvalue weighted by atomic mass is 16.7. The molecule has 1 fully saturated rings. The first kappa shape index (κ1) is 19.8. The van der Waals surface area contributed by atoms with Crippen LogP contribution in [0.2, 0.25) is 0 Å². The van der Waals surface area contributed by atoms with Crippen LogP contribution in [0, 0.1) is 0 Å². The summed E-state index contributed by atoms with van der Waals surface area (Å²) in [7, 11) is 0. The van der Waals surface area contributed by atoms with Crippen molar-refractivity contribution in [2.45, 2.75) is 58.3 Å². The summed E-state index contributed by atoms with van der Waals surface area (Å²) in [6.07, 6.45) is -5.13. The summed E-state index contributed by atoms with van der Waals surface area (Å²) in [5.74, 6) is -2.55. The Morgan fingerprint density at radius 2 is 1.58 bits per heavy atom. The predicted octanol–water partition coefficient (Wildman–Crippen LogP) is -1.37. The number of rotatable bonds is 5. The van der Waals surface area contributed by atoms with E-state index in [2.05, 4.69) is 5.32 Å². The van der Waals surface area contributed by atoms with Crippen molar-refractivity contribution in [3.8, 4) is 0 Å². The van der Waals surface area contributed by atoms with Crippen molar-refractivity contribution in [2.75, 3.05) is 6.61 Å². The average molecular weight is 347 g/mol. The van der Waals surface area contributed by atoms with Gasteiger partial charge in [0.05, 0.1) is 0 Å². The second kappa shape index (κ2) is 8.60. The van der Waals surface area contributed by atoms with Crippen molar-refractivity contribution < 1.29 is 43.2 Å². The number of carbonyl (C=O) groups is 4. The van der Waals surface area contributed by atoms with Crippen LogP contribution in [0.4, 0.5) is 0 Å². The van der Waals surface area contributed by atoms with Gasteiger partial charge >= 0.3 is 17.9 Å². The van der Waals surface area contributed by atoms with Crippen LogP contribution in [0.25, 0.3) is 0 Å². The minimum atomic E-state index is -1.42. The fourth-order valence-corrected chi connectivity index (χ4v) is 2.24. The molecule has 1 heterocycles. The number of aliphatic hydroxyl groups excluding tert-OH is 1. The van der Waals surface area contributed by atoms with E-state index in [0.717, 1.165) is 13.8 Å². The number of esters is 3. The van der Waals surface area contributed by atoms with E-state index < -0.39 is 54.5 Å². The second-order valence-corrected chi connectivity index (χ2v) is 5.25. The molecule has 1 rings (SSSR count). The quantitative estimate of drug-likeness (QED) is 0.456. The Hall–Kier alpha value is -2.20. The van der Waals surface area contributed by atoms with Crippen LogP contribution in [-0.2, 0) is 38.1 Å². The van der Waals surface area contributed by atoms with E-state index in [1.54, 1.807) is 0 Å². The van der Waals surface area contributed by atoms with Gasteiger partial charge in [-0.15, -0.1) is 0 Å². The third-order valence-electron chi connectivity index (χ3n) is 3.08. The molecule has 1 aliphatic heterocycles. The Kier molecular flexibility index (Phi) is 7.11. The summed E-state index contributed by atoms with van der Waals surface area (Å²) in [6.45, 7) is 4.27. The van der Waals surface area contributed by atoms with Gasteiger partial charge in [0.15, 0.2) is 6.10 Å². The average Bonchev–Trinajstić information content (AvgIpc) is 2.42. The molecule has 0 spiro atoms. The van der Waals surface area contributed by atoms with E-state index in [1.807, 2.05) is 0 Å². The summed E-state index contributed by atoms with van der Waals surface area (Å²) >= 11 is 0. The minimum absolute atomic E-state index is 0.348. The molecular formula is C14H21NO9. The summed E-state index contributed by atoms with van der Waals surface area (Å²) in [5, 5.41) is 12.8. The standard InChI is InChI=1S/C14H21NO9/c1-6(16)15-11-13(22-8(3)18)12(20)10(5-21-7(2)17)24-14(11)23-9(4)19/h10-14,20H,5H2,1-4H3,(H,15,16)/t10?,11?,12-,13+,14+/m1/s1. The van der Waals surface area contributed by atoms with Crippen LogP contribution >= 0.6 is 0 Å². The number of ether oxygens (including phenoxy) is 4. The second-order valence-electron chi connectivity index (χ2n) is 5.25. The van der Waals surface area contributed by atoms with Gasteiger partial charge in [-0.05, 0) is 0 Å². The van der Waals surface area contributed by atoms with E-state index in [1.165, 1.54) is 13.8 Å². The number of hydrogen-bond acceptors (Lipinski definition) is 9. The van der Waals surface area contributed by atoms with Crippen molar-refractivity contribution in [2.24, 2.45) is 0 Å². The topological polar surface area (TPSA) is 137 Å². The van der Waals surface area contributed by atoms with E-state index in [4.69, 9.17) is 18.9 Å². The molecule has 1 amide bonds. The van der Waals surface area contributed by atoms with E-state index in [-0.39, 0.29) is 6.61 Å². The molecule has 10 nitrogen and oxygen atoms in total. The Morgan fingerprint density at radius 3 is 2.04 bits per heavy atom. The molecule has 2 unspecified atom stereocenters. The smallest absolute Gasteiger partial charge is 0.305 e. The van der Waals surface area contributed by atoms with Crippen LogP contribution in [0.1, 0.15) is 27.7 Å². The van der Waals surface area contributed by atoms with Gasteiger partial charge in [0.25, 0.3) is 0 Å². The predicted molar refractivity (Wildman–Crippen MR) is 76.2 cm³/mol. The lowest BCUT2D eigenvalue weighted by Crippen LogP contribution is -2.66. The lowest BCUT2D eigenvalue weighted by atomic mass is 9.96. The van der Waals surface area contributed by atoms with Crippen molar-refractivity contribution >= 4 is 23.8 Å². The summed E-state index contributed by atoms with van der Waals surface area (Å²) in [6, 6.07) is -1.13. The van der Waals surface area contributed by atoms with Crippen molar-refractivity contribution in [3.05, 3.63) is 0 Å². The van der Waals surface area contributed by atoms with Gasteiger partial charge < -0.3 is 29.4 Å². The maximum atomic E-state index is 11.4. The third kappa shape index (κ3) is 5.78. The van der Waals surface area contributed by atoms with Crippen molar-refractivity contribution in [1.82, 2.24) is 5.32 Å². The first-order valence-corrected chi connectivity index (χ1v) is 7.20. The Balaban J connectivity index is 3.07. The molecule has 1 aliphatic rings. The Morgan fingerprint density at radius 1 is 1.00 bits per heavy atom. The van der Waals surface area contributed by atoms with Gasteiger partial charge in [-0.1, -0.05) is 0 Å². The highest BCUT2D eigenvalue weighted by Gasteiger charge is 2.49. The summed E-state index contributed by atoms with van der Waals surface area (Å²) in [5.41, 5.74) is 0. The van der Waals surface area contributed by atoms with Gasteiger partial charge in [-0.2, -0.15) is 0 Å². The molecular weight excluding hydrogens is 326 g/mol. The molecule has 0 radical (unpaired) electrons. The van der Waals surface area contributed by atoms with E-state index >= 15 is 0 Å². The zero-order valence-corrected chi connectivity index (χ0v) is 13.8. The SMILES string of the molecule is CC(=O)NC1[C@@H](OC(C)=O)OC(COC(C)=O)[C@@H](O)[C@H]1OC(C)=O. The number of carbonyl (C=O) groups excluding carboxylic acids is 4. The fraction of sp³-hybridized carbons (Fsp3) is 0.714. The zero-order valence-electron chi connectivity index (χ0n) is 13.8. The van der Waals surface area contributed by atoms with Crippen molar-refractivity contribution in [1.29, 1.82) is 0 Å². The lowest BCUT2D eigenvalue weighted by Gasteiger charge is -2.43. The zero-order chi connectivity index (χ0) is 18.4. The van der Waals surface area contributed by atoms with Crippen LogP contribution in [0.3, 0.4) is 0 Å². The highest BCUT2D eigenvalue weighted by molar-refractivity contribution is 5.74. The molecule has 2 N–H and O–H groups in total. The summed E-state index contributed by atoms with van der Waals surface area (Å²) in [4.78, 5) is 44.9. The van der Waals surface area contributed by atoms with Crippen molar-refractivity contribution in [3.63, 3.8) is 0 Å². The van der Waals surface area contributed by atoms with Gasteiger partial charge in [-0.3, -0.25) is 19.2 Å². The molecule has 5 atom stereocenters. The molecule has 0 aromatic heterocycles. The Labute approximate surface area is 138 Å². The summed E-state index contributed by atoms with van der Waals surface area (Å²) < 4.78 is 20.2. The maximum absolute atomic E-state index is 11.4. The fourth-order valence-electron chi connectivity index (χ4n) is 2.24. The van der Waals surface area contributed by atoms with Gasteiger partial charge in [0.1, 0.15) is 24.9 Å². The minimum Gasteiger partial charge on any atom is -0.463 e. The molecule has 0 bridgehead atoms. The molecule has 0 aliphatic carbocycles. The number of aliphatic hydroxyl groups is 1. The van der Waals surface area contributed by atoms with Crippen LogP contribution in [-0.4, -0.2) is 66.2 Å². The monoisotopic (exact) mass is 347 g/mol. The Bertz CT molecular complexity index is 506. The van der Waals surface area contributed by atoms with Gasteiger partial charge in [-0.25, -0.2) is 0 Å². The van der Waals surface area contributed by atoms with E-state index in [9.17, 15) is 24.3 Å². The largest absolute Gasteiger partial charge is 0.463 e. The molecule has 0 saturated carbocycles. The molecule has 0 aromatic carbocycles. The first-order chi connectivity index (χ1) is 11.1. The number of nitrogens with one attached hydrogen (secondary N) is 1. The van der Waals surface area contributed by atoms with Gasteiger partial charge in [0.2, 0.25) is 12.2 Å². The number of hydrogen-bond donors (Lipinski definition) is 2. The highest BCUT2D eigenvalue weighted by Crippen LogP contribution is 2.25. The molecule has 24 heavy (non-hydrogen) atoms. The van der Waals surface area contributed by atoms with E-state index in [0.29, 0.717) is 0 Å². The van der Waals surface area contributed by atoms with Gasteiger partial charge in [0, 0.05) is 27.7 Å². The first-order valence-electron chi connectivity index (χ1n) is 7.20. The van der Waals surface area contributed by atoms with Crippen LogP contribution < -0.4 is 5.32 Å². The molecule has 1 saturated heterocycles. The maximum Gasteiger partial charge on any atom is 0.305 e. The van der Waals surface area contributed by atoms with Crippen LogP contribution in [0.5, 0.6) is 0 Å². The molecule has 136 valence electrons. The lowest BCUT2D eigenvalue weighted by molar-refractivity contribution is -0.267. The van der Waals surface area contributed by atoms with Crippen LogP contribution in [0.15, 0.2) is 0 Å².